The number of ether oxygens (including phenoxy) is 2. The van der Waals surface area contributed by atoms with E-state index < -0.39 is 0 Å². The normalized spacial score (nSPS) is 14.5. The van der Waals surface area contributed by atoms with E-state index in [1.807, 2.05) is 31.2 Å². The molecule has 13 heteroatoms. The van der Waals surface area contributed by atoms with Gasteiger partial charge < -0.3 is 14.8 Å². The van der Waals surface area contributed by atoms with Gasteiger partial charge in [0.15, 0.2) is 10.8 Å². The number of aromatic nitrogens is 5. The monoisotopic (exact) mass is 500 g/mol. The van der Waals surface area contributed by atoms with Gasteiger partial charge >= 0.3 is 6.03 Å². The summed E-state index contributed by atoms with van der Waals surface area (Å²) in [7, 11) is 0. The lowest BCUT2D eigenvalue weighted by atomic mass is 10.3. The molecule has 0 aliphatic carbocycles. The third-order valence-electron chi connectivity index (χ3n) is 5.11. The smallest absolute Gasteiger partial charge is 0.321 e. The van der Waals surface area contributed by atoms with Crippen LogP contribution in [-0.4, -0.2) is 81.7 Å². The molecule has 1 fully saturated rings. The summed E-state index contributed by atoms with van der Waals surface area (Å²) in [5, 5.41) is 19.8. The van der Waals surface area contributed by atoms with Gasteiger partial charge in [0.1, 0.15) is 0 Å². The van der Waals surface area contributed by atoms with E-state index in [2.05, 4.69) is 35.8 Å². The molecule has 3 aromatic heterocycles. The number of morpholine rings is 1. The van der Waals surface area contributed by atoms with Crippen molar-refractivity contribution in [3.05, 3.63) is 30.3 Å². The molecule has 0 bridgehead atoms. The third-order valence-corrected chi connectivity index (χ3v) is 6.97. The minimum atomic E-state index is -0.256. The first-order chi connectivity index (χ1) is 16.7. The number of nitrogens with zero attached hydrogens (tertiary/aromatic N) is 6. The number of thiazole rings is 1. The van der Waals surface area contributed by atoms with Gasteiger partial charge in [-0.25, -0.2) is 9.78 Å². The molecular weight excluding hydrogens is 476 g/mol. The highest BCUT2D eigenvalue weighted by Gasteiger charge is 2.13. The van der Waals surface area contributed by atoms with Crippen LogP contribution in [-0.2, 0) is 4.74 Å². The van der Waals surface area contributed by atoms with Crippen LogP contribution in [0.1, 0.15) is 6.92 Å². The summed E-state index contributed by atoms with van der Waals surface area (Å²) in [4.78, 5) is 20.0. The largest absolute Gasteiger partial charge is 0.477 e. The number of carbonyl (C=O) groups is 1. The van der Waals surface area contributed by atoms with Gasteiger partial charge in [0.25, 0.3) is 0 Å². The fourth-order valence-electron chi connectivity index (χ4n) is 3.46. The standard InChI is InChI=1S/C21H24N8O3S2/c1-2-32-18-6-5-17-25-26-21(29(17)27-18)33-14-3-4-15-16(13-14)34-20(23-15)24-19(30)22-7-8-28-9-11-31-12-10-28/h3-6,13H,2,7-12H2,1H3,(H2,22,23,24,30). The second-order valence-corrected chi connectivity index (χ2v) is 9.51. The van der Waals surface area contributed by atoms with E-state index in [9.17, 15) is 4.79 Å². The molecule has 1 aliphatic heterocycles. The number of amides is 2. The van der Waals surface area contributed by atoms with Crippen LogP contribution >= 0.6 is 23.1 Å². The maximum Gasteiger partial charge on any atom is 0.321 e. The van der Waals surface area contributed by atoms with Crippen molar-refractivity contribution in [1.29, 1.82) is 0 Å². The summed E-state index contributed by atoms with van der Waals surface area (Å²) in [5.41, 5.74) is 1.47. The summed E-state index contributed by atoms with van der Waals surface area (Å²) in [6, 6.07) is 9.26. The highest BCUT2D eigenvalue weighted by Crippen LogP contribution is 2.33. The lowest BCUT2D eigenvalue weighted by Gasteiger charge is -2.26. The van der Waals surface area contributed by atoms with Crippen molar-refractivity contribution in [2.24, 2.45) is 0 Å². The number of fused-ring (bicyclic) bond motifs is 2. The predicted octanol–water partition coefficient (Wildman–Crippen LogP) is 2.74. The fourth-order valence-corrected chi connectivity index (χ4v) is 5.26. The van der Waals surface area contributed by atoms with E-state index in [0.717, 1.165) is 48.0 Å². The average molecular weight is 501 g/mol. The van der Waals surface area contributed by atoms with Crippen LogP contribution in [0, 0.1) is 0 Å². The summed E-state index contributed by atoms with van der Waals surface area (Å²) < 4.78 is 13.5. The summed E-state index contributed by atoms with van der Waals surface area (Å²) >= 11 is 2.87. The van der Waals surface area contributed by atoms with Crippen LogP contribution in [0.15, 0.2) is 40.4 Å². The zero-order valence-electron chi connectivity index (χ0n) is 18.6. The minimum Gasteiger partial charge on any atom is -0.477 e. The molecule has 4 heterocycles. The van der Waals surface area contributed by atoms with Gasteiger partial charge in [-0.3, -0.25) is 10.2 Å². The number of anilines is 1. The van der Waals surface area contributed by atoms with Gasteiger partial charge in [-0.05, 0) is 43.0 Å². The maximum atomic E-state index is 12.3. The SMILES string of the molecule is CCOc1ccc2nnc(Sc3ccc4nc(NC(=O)NCCN5CCOCC5)sc4c3)n2n1. The Hall–Kier alpha value is -3.00. The molecule has 0 radical (unpaired) electrons. The van der Waals surface area contributed by atoms with Crippen molar-refractivity contribution < 1.29 is 14.3 Å². The van der Waals surface area contributed by atoms with Crippen molar-refractivity contribution in [2.45, 2.75) is 17.0 Å². The van der Waals surface area contributed by atoms with E-state index in [1.165, 1.54) is 23.1 Å². The molecule has 11 nitrogen and oxygen atoms in total. The predicted molar refractivity (Wildman–Crippen MR) is 130 cm³/mol. The Bertz CT molecular complexity index is 1290. The highest BCUT2D eigenvalue weighted by molar-refractivity contribution is 7.99. The Balaban J connectivity index is 1.22. The third kappa shape index (κ3) is 5.38. The number of carbonyl (C=O) groups excluding carboxylic acids is 1. The van der Waals surface area contributed by atoms with Gasteiger partial charge in [-0.2, -0.15) is 4.52 Å². The van der Waals surface area contributed by atoms with Crippen LogP contribution < -0.4 is 15.4 Å². The van der Waals surface area contributed by atoms with Crippen molar-refractivity contribution in [1.82, 2.24) is 35.0 Å². The first-order valence-corrected chi connectivity index (χ1v) is 12.6. The Labute approximate surface area is 203 Å². The zero-order valence-corrected chi connectivity index (χ0v) is 20.2. The molecule has 1 saturated heterocycles. The van der Waals surface area contributed by atoms with E-state index in [4.69, 9.17) is 9.47 Å². The van der Waals surface area contributed by atoms with E-state index in [-0.39, 0.29) is 6.03 Å². The fraction of sp³-hybridized carbons (Fsp3) is 0.381. The molecule has 4 aromatic rings. The van der Waals surface area contributed by atoms with Gasteiger partial charge in [0.05, 0.1) is 30.0 Å². The molecule has 0 unspecified atom stereocenters. The molecular formula is C21H24N8O3S2. The van der Waals surface area contributed by atoms with Gasteiger partial charge in [0, 0.05) is 37.1 Å². The molecule has 5 rings (SSSR count). The number of nitrogens with one attached hydrogen (secondary N) is 2. The van der Waals surface area contributed by atoms with Crippen molar-refractivity contribution in [3.63, 3.8) is 0 Å². The molecule has 1 aliphatic rings. The van der Waals surface area contributed by atoms with Gasteiger partial charge in [-0.1, -0.05) is 11.3 Å². The van der Waals surface area contributed by atoms with Crippen LogP contribution in [0.25, 0.3) is 15.9 Å². The minimum absolute atomic E-state index is 0.256. The number of hydrogen-bond donors (Lipinski definition) is 2. The number of hydrogen-bond acceptors (Lipinski definition) is 10. The van der Waals surface area contributed by atoms with Crippen molar-refractivity contribution >= 4 is 50.1 Å². The Morgan fingerprint density at radius 1 is 1.24 bits per heavy atom. The zero-order chi connectivity index (χ0) is 23.3. The number of rotatable bonds is 8. The van der Waals surface area contributed by atoms with E-state index in [0.29, 0.717) is 35.0 Å². The van der Waals surface area contributed by atoms with E-state index >= 15 is 0 Å². The first kappa shape index (κ1) is 22.8. The summed E-state index contributed by atoms with van der Waals surface area (Å²) in [5.74, 6) is 0.522. The van der Waals surface area contributed by atoms with Crippen LogP contribution in [0.4, 0.5) is 9.93 Å². The lowest BCUT2D eigenvalue weighted by molar-refractivity contribution is 0.0388. The van der Waals surface area contributed by atoms with Crippen molar-refractivity contribution in [2.75, 3.05) is 51.3 Å². The molecule has 178 valence electrons. The van der Waals surface area contributed by atoms with E-state index in [1.54, 1.807) is 10.6 Å². The number of benzene rings is 1. The Morgan fingerprint density at radius 3 is 2.97 bits per heavy atom. The molecule has 0 atom stereocenters. The van der Waals surface area contributed by atoms with Crippen molar-refractivity contribution in [3.8, 4) is 5.88 Å². The maximum absolute atomic E-state index is 12.3. The average Bonchev–Trinajstić information content (AvgIpc) is 3.43. The lowest BCUT2D eigenvalue weighted by Crippen LogP contribution is -2.42. The molecule has 34 heavy (non-hydrogen) atoms. The topological polar surface area (TPSA) is 119 Å². The highest BCUT2D eigenvalue weighted by atomic mass is 32.2. The molecule has 2 amide bonds. The second-order valence-electron chi connectivity index (χ2n) is 7.44. The summed E-state index contributed by atoms with van der Waals surface area (Å²) in [6.07, 6.45) is 0. The Morgan fingerprint density at radius 2 is 2.12 bits per heavy atom. The molecule has 0 saturated carbocycles. The quantitative estimate of drug-likeness (QED) is 0.376. The Kier molecular flexibility index (Phi) is 7.04. The van der Waals surface area contributed by atoms with Gasteiger partial charge in [0.2, 0.25) is 11.0 Å². The molecule has 0 spiro atoms. The van der Waals surface area contributed by atoms with Crippen LogP contribution in [0.2, 0.25) is 0 Å². The van der Waals surface area contributed by atoms with Crippen LogP contribution in [0.5, 0.6) is 5.88 Å². The molecule has 2 N–H and O–H groups in total. The second kappa shape index (κ2) is 10.5. The molecule has 1 aromatic carbocycles. The summed E-state index contributed by atoms with van der Waals surface area (Å²) in [6.45, 7) is 7.11. The van der Waals surface area contributed by atoms with Gasteiger partial charge in [-0.15, -0.1) is 15.3 Å². The number of urea groups is 1. The van der Waals surface area contributed by atoms with Crippen LogP contribution in [0.3, 0.4) is 0 Å². The first-order valence-electron chi connectivity index (χ1n) is 11.0.